The predicted molar refractivity (Wildman–Crippen MR) is 80.3 cm³/mol. The highest BCUT2D eigenvalue weighted by Crippen LogP contribution is 2.21. The molecule has 20 heavy (non-hydrogen) atoms. The summed E-state index contributed by atoms with van der Waals surface area (Å²) in [6, 6.07) is 19.9. The second-order valence-electron chi connectivity index (χ2n) is 4.78. The van der Waals surface area contributed by atoms with E-state index in [2.05, 4.69) is 0 Å². The zero-order valence-electron chi connectivity index (χ0n) is 11.8. The van der Waals surface area contributed by atoms with Crippen molar-refractivity contribution in [2.45, 2.75) is 32.3 Å². The van der Waals surface area contributed by atoms with Crippen molar-refractivity contribution in [1.82, 2.24) is 0 Å². The Labute approximate surface area is 120 Å². The minimum Gasteiger partial charge on any atom is -0.457 e. The number of hydrogen-bond donors (Lipinski definition) is 0. The van der Waals surface area contributed by atoms with Crippen molar-refractivity contribution in [2.24, 2.45) is 0 Å². The normalized spacial score (nSPS) is 11.8. The summed E-state index contributed by atoms with van der Waals surface area (Å²) in [6.45, 7) is 2.03. The summed E-state index contributed by atoms with van der Waals surface area (Å²) in [7, 11) is 0. The van der Waals surface area contributed by atoms with Gasteiger partial charge in [-0.05, 0) is 24.0 Å². The SMILES string of the molecule is CC[C@@H](OC(=O)CCc1ccccc1)c1ccccc1. The van der Waals surface area contributed by atoms with Crippen LogP contribution in [0.4, 0.5) is 0 Å². The van der Waals surface area contributed by atoms with E-state index in [1.54, 1.807) is 0 Å². The van der Waals surface area contributed by atoms with Gasteiger partial charge in [-0.2, -0.15) is 0 Å². The Balaban J connectivity index is 1.87. The molecule has 0 saturated carbocycles. The lowest BCUT2D eigenvalue weighted by molar-refractivity contribution is -0.149. The first kappa shape index (κ1) is 14.3. The molecule has 2 aromatic carbocycles. The minimum absolute atomic E-state index is 0.135. The molecule has 2 rings (SSSR count). The highest BCUT2D eigenvalue weighted by atomic mass is 16.5. The second-order valence-corrected chi connectivity index (χ2v) is 4.78. The number of aryl methyl sites for hydroxylation is 1. The highest BCUT2D eigenvalue weighted by Gasteiger charge is 2.14. The Bertz CT molecular complexity index is 520. The molecule has 0 radical (unpaired) electrons. The fourth-order valence-electron chi connectivity index (χ4n) is 2.16. The molecule has 0 N–H and O–H groups in total. The standard InChI is InChI=1S/C18H20O2/c1-2-17(16-11-7-4-8-12-16)20-18(19)14-13-15-9-5-3-6-10-15/h3-12,17H,2,13-14H2,1H3/t17-/m1/s1. The van der Waals surface area contributed by atoms with E-state index in [-0.39, 0.29) is 12.1 Å². The Hall–Kier alpha value is -2.09. The largest absolute Gasteiger partial charge is 0.457 e. The molecule has 0 bridgehead atoms. The summed E-state index contributed by atoms with van der Waals surface area (Å²) in [5, 5.41) is 0. The van der Waals surface area contributed by atoms with E-state index in [4.69, 9.17) is 4.74 Å². The first-order valence-electron chi connectivity index (χ1n) is 7.08. The van der Waals surface area contributed by atoms with Gasteiger partial charge in [-0.25, -0.2) is 0 Å². The molecular weight excluding hydrogens is 248 g/mol. The number of ether oxygens (including phenoxy) is 1. The molecule has 0 heterocycles. The van der Waals surface area contributed by atoms with E-state index < -0.39 is 0 Å². The van der Waals surface area contributed by atoms with E-state index in [0.717, 1.165) is 24.0 Å². The topological polar surface area (TPSA) is 26.3 Å². The maximum atomic E-state index is 11.9. The summed E-state index contributed by atoms with van der Waals surface area (Å²) < 4.78 is 5.57. The van der Waals surface area contributed by atoms with Gasteiger partial charge in [0.05, 0.1) is 0 Å². The molecule has 0 aliphatic heterocycles. The van der Waals surface area contributed by atoms with E-state index >= 15 is 0 Å². The van der Waals surface area contributed by atoms with Crippen molar-refractivity contribution in [3.05, 3.63) is 71.8 Å². The lowest BCUT2D eigenvalue weighted by atomic mass is 10.1. The predicted octanol–water partition coefficient (Wildman–Crippen LogP) is 4.31. The Morgan fingerprint density at radius 2 is 1.60 bits per heavy atom. The fraction of sp³-hybridized carbons (Fsp3) is 0.278. The lowest BCUT2D eigenvalue weighted by Gasteiger charge is -2.16. The minimum atomic E-state index is -0.139. The Morgan fingerprint density at radius 3 is 2.20 bits per heavy atom. The smallest absolute Gasteiger partial charge is 0.306 e. The van der Waals surface area contributed by atoms with Gasteiger partial charge in [0.1, 0.15) is 6.10 Å². The Morgan fingerprint density at radius 1 is 1.00 bits per heavy atom. The molecule has 0 unspecified atom stereocenters. The van der Waals surface area contributed by atoms with Gasteiger partial charge < -0.3 is 4.74 Å². The van der Waals surface area contributed by atoms with Crippen molar-refractivity contribution in [3.63, 3.8) is 0 Å². The molecule has 0 aliphatic rings. The number of carbonyl (C=O) groups excluding carboxylic acids is 1. The maximum Gasteiger partial charge on any atom is 0.306 e. The molecule has 2 heteroatoms. The molecule has 0 amide bonds. The molecule has 1 atom stereocenters. The van der Waals surface area contributed by atoms with Crippen LogP contribution in [0.25, 0.3) is 0 Å². The average Bonchev–Trinajstić information content (AvgIpc) is 2.52. The van der Waals surface area contributed by atoms with Gasteiger partial charge in [0.15, 0.2) is 0 Å². The highest BCUT2D eigenvalue weighted by molar-refractivity contribution is 5.70. The van der Waals surface area contributed by atoms with Crippen LogP contribution in [-0.4, -0.2) is 5.97 Å². The quantitative estimate of drug-likeness (QED) is 0.729. The van der Waals surface area contributed by atoms with Crippen LogP contribution in [0.5, 0.6) is 0 Å². The lowest BCUT2D eigenvalue weighted by Crippen LogP contribution is -2.11. The van der Waals surface area contributed by atoms with Crippen LogP contribution in [0, 0.1) is 0 Å². The van der Waals surface area contributed by atoms with Crippen LogP contribution in [0.2, 0.25) is 0 Å². The zero-order chi connectivity index (χ0) is 14.2. The van der Waals surface area contributed by atoms with Crippen LogP contribution < -0.4 is 0 Å². The third-order valence-corrected chi connectivity index (χ3v) is 3.28. The molecule has 0 spiro atoms. The molecule has 0 aliphatic carbocycles. The zero-order valence-corrected chi connectivity index (χ0v) is 11.8. The third kappa shape index (κ3) is 4.23. The summed E-state index contributed by atoms with van der Waals surface area (Å²) in [4.78, 5) is 11.9. The Kier molecular flexibility index (Phi) is 5.36. The van der Waals surface area contributed by atoms with Crippen LogP contribution >= 0.6 is 0 Å². The van der Waals surface area contributed by atoms with Gasteiger partial charge in [-0.3, -0.25) is 4.79 Å². The fourth-order valence-corrected chi connectivity index (χ4v) is 2.16. The van der Waals surface area contributed by atoms with Gasteiger partial charge in [0.25, 0.3) is 0 Å². The number of benzene rings is 2. The van der Waals surface area contributed by atoms with E-state index in [1.165, 1.54) is 0 Å². The summed E-state index contributed by atoms with van der Waals surface area (Å²) in [5.74, 6) is -0.135. The van der Waals surface area contributed by atoms with E-state index in [9.17, 15) is 4.79 Å². The molecule has 104 valence electrons. The molecule has 2 nitrogen and oxygen atoms in total. The first-order chi connectivity index (χ1) is 9.79. The van der Waals surface area contributed by atoms with Crippen LogP contribution in [0.1, 0.15) is 37.0 Å². The van der Waals surface area contributed by atoms with Gasteiger partial charge in [-0.1, -0.05) is 67.6 Å². The van der Waals surface area contributed by atoms with Crippen molar-refractivity contribution < 1.29 is 9.53 Å². The number of carbonyl (C=O) groups is 1. The number of hydrogen-bond acceptors (Lipinski definition) is 2. The molecule has 0 fully saturated rings. The number of esters is 1. The first-order valence-corrected chi connectivity index (χ1v) is 7.08. The van der Waals surface area contributed by atoms with Crippen molar-refractivity contribution >= 4 is 5.97 Å². The number of rotatable bonds is 6. The van der Waals surface area contributed by atoms with E-state index in [0.29, 0.717) is 6.42 Å². The van der Waals surface area contributed by atoms with E-state index in [1.807, 2.05) is 67.6 Å². The summed E-state index contributed by atoms with van der Waals surface area (Å²) in [6.07, 6.45) is 1.80. The van der Waals surface area contributed by atoms with Crippen LogP contribution in [0.3, 0.4) is 0 Å². The molecular formula is C18H20O2. The van der Waals surface area contributed by atoms with Crippen molar-refractivity contribution in [3.8, 4) is 0 Å². The molecule has 0 saturated heterocycles. The monoisotopic (exact) mass is 268 g/mol. The molecule has 2 aromatic rings. The third-order valence-electron chi connectivity index (χ3n) is 3.28. The van der Waals surface area contributed by atoms with Gasteiger partial charge in [-0.15, -0.1) is 0 Å². The van der Waals surface area contributed by atoms with Gasteiger partial charge in [0.2, 0.25) is 0 Å². The summed E-state index contributed by atoms with van der Waals surface area (Å²) >= 11 is 0. The van der Waals surface area contributed by atoms with Crippen molar-refractivity contribution in [1.29, 1.82) is 0 Å². The summed E-state index contributed by atoms with van der Waals surface area (Å²) in [5.41, 5.74) is 2.22. The average molecular weight is 268 g/mol. The molecule has 0 aromatic heterocycles. The van der Waals surface area contributed by atoms with Crippen LogP contribution in [0.15, 0.2) is 60.7 Å². The maximum absolute atomic E-state index is 11.9. The van der Waals surface area contributed by atoms with Crippen LogP contribution in [-0.2, 0) is 16.0 Å². The van der Waals surface area contributed by atoms with Gasteiger partial charge in [0, 0.05) is 6.42 Å². The van der Waals surface area contributed by atoms with Crippen molar-refractivity contribution in [2.75, 3.05) is 0 Å². The van der Waals surface area contributed by atoms with Gasteiger partial charge >= 0.3 is 5.97 Å². The second kappa shape index (κ2) is 7.49.